The van der Waals surface area contributed by atoms with Crippen molar-refractivity contribution in [2.45, 2.75) is 82.7 Å². The number of hydrogen-bond acceptors (Lipinski definition) is 6. The summed E-state index contributed by atoms with van der Waals surface area (Å²) in [5.74, 6) is -0.223. The second-order valence-corrected chi connectivity index (χ2v) is 10.7. The molecule has 1 N–H and O–H groups in total. The minimum Gasteiger partial charge on any atom is -0.493 e. The number of carbonyl (C=O) groups excluding carboxylic acids is 1. The van der Waals surface area contributed by atoms with Gasteiger partial charge < -0.3 is 14.6 Å². The zero-order chi connectivity index (χ0) is 25.5. The van der Waals surface area contributed by atoms with Crippen molar-refractivity contribution in [3.63, 3.8) is 0 Å². The highest BCUT2D eigenvalue weighted by Crippen LogP contribution is 2.40. The standard InChI is InChI=1S/C28H36N2O5S/c1-3-10-20-15-19(16-23(34-2)26(20)35-18-25(31)32)17-24-27(33)30(22-13-8-5-9-14-22)28(36-24)29-21-11-6-4-7-12-21/h3,15-17,21-22H,1,4-14,18H2,2H3,(H,31,32)/b24-17-,29-28?. The van der Waals surface area contributed by atoms with Crippen LogP contribution in [0.4, 0.5) is 0 Å². The van der Waals surface area contributed by atoms with Crippen LogP contribution in [0, 0.1) is 0 Å². The first-order valence-corrected chi connectivity index (χ1v) is 13.8. The summed E-state index contributed by atoms with van der Waals surface area (Å²) in [6, 6.07) is 4.20. The van der Waals surface area contributed by atoms with Crippen molar-refractivity contribution in [3.05, 3.63) is 40.8 Å². The van der Waals surface area contributed by atoms with Crippen LogP contribution in [0.25, 0.3) is 6.08 Å². The first-order valence-electron chi connectivity index (χ1n) is 13.0. The molecule has 0 radical (unpaired) electrons. The summed E-state index contributed by atoms with van der Waals surface area (Å²) >= 11 is 1.48. The summed E-state index contributed by atoms with van der Waals surface area (Å²) in [5, 5.41) is 9.91. The molecule has 0 unspecified atom stereocenters. The van der Waals surface area contributed by atoms with Crippen molar-refractivity contribution in [3.8, 4) is 11.5 Å². The molecule has 3 aliphatic rings. The Morgan fingerprint density at radius 2 is 1.86 bits per heavy atom. The molecule has 1 aliphatic heterocycles. The number of ether oxygens (including phenoxy) is 2. The second-order valence-electron chi connectivity index (χ2n) is 9.67. The van der Waals surface area contributed by atoms with Crippen molar-refractivity contribution >= 4 is 34.9 Å². The van der Waals surface area contributed by atoms with E-state index >= 15 is 0 Å². The monoisotopic (exact) mass is 512 g/mol. The van der Waals surface area contributed by atoms with Gasteiger partial charge in [-0.2, -0.15) is 0 Å². The number of hydrogen-bond donors (Lipinski definition) is 1. The Morgan fingerprint density at radius 3 is 2.50 bits per heavy atom. The number of carboxylic acid groups (broad SMARTS) is 1. The van der Waals surface area contributed by atoms with E-state index in [-0.39, 0.29) is 11.9 Å². The number of carboxylic acids is 1. The number of methoxy groups -OCH3 is 1. The molecule has 0 bridgehead atoms. The Morgan fingerprint density at radius 1 is 1.17 bits per heavy atom. The van der Waals surface area contributed by atoms with Gasteiger partial charge in [0.25, 0.3) is 5.91 Å². The quantitative estimate of drug-likeness (QED) is 0.331. The molecule has 4 rings (SSSR count). The van der Waals surface area contributed by atoms with E-state index in [1.807, 2.05) is 17.0 Å². The average Bonchev–Trinajstić information content (AvgIpc) is 3.18. The van der Waals surface area contributed by atoms with Crippen LogP contribution in [0.5, 0.6) is 11.5 Å². The highest BCUT2D eigenvalue weighted by molar-refractivity contribution is 8.18. The fraction of sp³-hybridized carbons (Fsp3) is 0.536. The number of rotatable bonds is 9. The van der Waals surface area contributed by atoms with Gasteiger partial charge in [0.05, 0.1) is 18.1 Å². The lowest BCUT2D eigenvalue weighted by Crippen LogP contribution is -2.41. The molecule has 1 amide bonds. The van der Waals surface area contributed by atoms with Crippen molar-refractivity contribution in [2.75, 3.05) is 13.7 Å². The number of carbonyl (C=O) groups is 2. The van der Waals surface area contributed by atoms with Gasteiger partial charge in [0.15, 0.2) is 23.3 Å². The van der Waals surface area contributed by atoms with E-state index in [0.29, 0.717) is 28.9 Å². The van der Waals surface area contributed by atoms with Gasteiger partial charge in [0, 0.05) is 11.6 Å². The molecule has 0 atom stereocenters. The third kappa shape index (κ3) is 6.33. The van der Waals surface area contributed by atoms with Crippen LogP contribution < -0.4 is 9.47 Å². The van der Waals surface area contributed by atoms with Crippen molar-refractivity contribution in [1.82, 2.24) is 4.90 Å². The molecule has 1 aromatic rings. The van der Waals surface area contributed by atoms with Crippen LogP contribution in [0.1, 0.15) is 75.3 Å². The van der Waals surface area contributed by atoms with E-state index in [2.05, 4.69) is 6.58 Å². The van der Waals surface area contributed by atoms with Crippen LogP contribution in [0.15, 0.2) is 34.7 Å². The van der Waals surface area contributed by atoms with E-state index < -0.39 is 12.6 Å². The summed E-state index contributed by atoms with van der Waals surface area (Å²) in [6.45, 7) is 3.35. The van der Waals surface area contributed by atoms with E-state index in [4.69, 9.17) is 19.6 Å². The molecular formula is C28H36N2O5S. The normalized spacial score (nSPS) is 21.8. The zero-order valence-corrected chi connectivity index (χ0v) is 21.9. The van der Waals surface area contributed by atoms with E-state index in [1.165, 1.54) is 44.6 Å². The molecule has 7 nitrogen and oxygen atoms in total. The predicted molar refractivity (Wildman–Crippen MR) is 144 cm³/mol. The molecule has 1 heterocycles. The smallest absolute Gasteiger partial charge is 0.341 e. The number of thioether (sulfide) groups is 1. The maximum Gasteiger partial charge on any atom is 0.341 e. The van der Waals surface area contributed by atoms with E-state index in [1.54, 1.807) is 12.1 Å². The van der Waals surface area contributed by atoms with Crippen LogP contribution >= 0.6 is 11.8 Å². The number of nitrogens with zero attached hydrogens (tertiary/aromatic N) is 2. The lowest BCUT2D eigenvalue weighted by molar-refractivity contribution is -0.139. The third-order valence-corrected chi connectivity index (χ3v) is 8.02. The minimum atomic E-state index is -1.06. The van der Waals surface area contributed by atoms with E-state index in [0.717, 1.165) is 54.8 Å². The molecule has 194 valence electrons. The van der Waals surface area contributed by atoms with Gasteiger partial charge in [-0.3, -0.25) is 14.7 Å². The fourth-order valence-corrected chi connectivity index (χ4v) is 6.39. The summed E-state index contributed by atoms with van der Waals surface area (Å²) < 4.78 is 11.1. The second kappa shape index (κ2) is 12.5. The maximum absolute atomic E-state index is 13.7. The number of amidine groups is 1. The lowest BCUT2D eigenvalue weighted by Gasteiger charge is -2.31. The first kappa shape index (κ1) is 26.3. The fourth-order valence-electron chi connectivity index (χ4n) is 5.28. The molecule has 0 aromatic heterocycles. The highest BCUT2D eigenvalue weighted by Gasteiger charge is 2.39. The van der Waals surface area contributed by atoms with Crippen LogP contribution in [0.3, 0.4) is 0 Å². The third-order valence-electron chi connectivity index (χ3n) is 7.02. The van der Waals surface area contributed by atoms with Crippen molar-refractivity contribution in [1.29, 1.82) is 0 Å². The molecule has 2 saturated carbocycles. The highest BCUT2D eigenvalue weighted by atomic mass is 32.2. The lowest BCUT2D eigenvalue weighted by atomic mass is 9.94. The Bertz CT molecular complexity index is 1040. The summed E-state index contributed by atoms with van der Waals surface area (Å²) in [5.41, 5.74) is 1.55. The molecule has 1 aromatic carbocycles. The van der Waals surface area contributed by atoms with E-state index in [9.17, 15) is 9.59 Å². The number of allylic oxidation sites excluding steroid dienone is 1. The Hall–Kier alpha value is -2.74. The summed E-state index contributed by atoms with van der Waals surface area (Å²) in [6.07, 6.45) is 15.5. The topological polar surface area (TPSA) is 88.4 Å². The molecule has 0 spiro atoms. The van der Waals surface area contributed by atoms with Gasteiger partial charge in [0.2, 0.25) is 0 Å². The first-order chi connectivity index (χ1) is 17.5. The van der Waals surface area contributed by atoms with Gasteiger partial charge in [-0.25, -0.2) is 4.79 Å². The number of benzene rings is 1. The van der Waals surface area contributed by atoms with Gasteiger partial charge in [-0.1, -0.05) is 44.6 Å². The van der Waals surface area contributed by atoms with Crippen LogP contribution in [-0.2, 0) is 16.0 Å². The van der Waals surface area contributed by atoms with Crippen molar-refractivity contribution in [2.24, 2.45) is 4.99 Å². The SMILES string of the molecule is C=CCc1cc(/C=C2\SC(=NC3CCCCC3)N(C3CCCCC3)C2=O)cc(OC)c1OCC(=O)O. The molecule has 3 fully saturated rings. The number of aliphatic carboxylic acids is 1. The molecule has 2 aliphatic carbocycles. The average molecular weight is 513 g/mol. The van der Waals surface area contributed by atoms with Crippen molar-refractivity contribution < 1.29 is 24.2 Å². The zero-order valence-electron chi connectivity index (χ0n) is 21.0. The van der Waals surface area contributed by atoms with Crippen LogP contribution in [-0.4, -0.2) is 52.9 Å². The minimum absolute atomic E-state index is 0.0249. The summed E-state index contributed by atoms with van der Waals surface area (Å²) in [7, 11) is 1.52. The number of aliphatic imine (C=N–C) groups is 1. The van der Waals surface area contributed by atoms with Gasteiger partial charge in [-0.05, 0) is 67.6 Å². The van der Waals surface area contributed by atoms with Gasteiger partial charge in [0.1, 0.15) is 0 Å². The van der Waals surface area contributed by atoms with Gasteiger partial charge >= 0.3 is 5.97 Å². The molecular weight excluding hydrogens is 476 g/mol. The predicted octanol–water partition coefficient (Wildman–Crippen LogP) is 5.82. The molecule has 8 heteroatoms. The Labute approximate surface area is 217 Å². The molecule has 36 heavy (non-hydrogen) atoms. The Kier molecular flexibility index (Phi) is 9.13. The Balaban J connectivity index is 1.67. The number of amides is 1. The van der Waals surface area contributed by atoms with Gasteiger partial charge in [-0.15, -0.1) is 6.58 Å². The maximum atomic E-state index is 13.7. The summed E-state index contributed by atoms with van der Waals surface area (Å²) in [4.78, 5) is 32.5. The largest absolute Gasteiger partial charge is 0.493 e. The molecule has 1 saturated heterocycles. The van der Waals surface area contributed by atoms with Crippen LogP contribution in [0.2, 0.25) is 0 Å².